The predicted octanol–water partition coefficient (Wildman–Crippen LogP) is 2.57. The Balaban J connectivity index is 1.57. The third kappa shape index (κ3) is 3.83. The zero-order chi connectivity index (χ0) is 23.0. The molecule has 2 aromatic heterocycles. The number of hydrogen-bond donors (Lipinski definition) is 1. The lowest BCUT2D eigenvalue weighted by Crippen LogP contribution is -2.58. The van der Waals surface area contributed by atoms with Gasteiger partial charge in [-0.25, -0.2) is 9.67 Å². The number of benzene rings is 1. The number of aromatic amines is 1. The van der Waals surface area contributed by atoms with Crippen LogP contribution in [0, 0.1) is 18.3 Å². The number of nitriles is 1. The zero-order valence-electron chi connectivity index (χ0n) is 18.7. The van der Waals surface area contributed by atoms with Crippen molar-refractivity contribution < 1.29 is 4.79 Å². The smallest absolute Gasteiger partial charge is 0.280 e. The van der Waals surface area contributed by atoms with E-state index in [-0.39, 0.29) is 17.0 Å². The Labute approximate surface area is 186 Å². The monoisotopic (exact) mass is 430 g/mol. The van der Waals surface area contributed by atoms with Gasteiger partial charge in [0.15, 0.2) is 5.82 Å². The summed E-state index contributed by atoms with van der Waals surface area (Å²) in [4.78, 5) is 34.4. The fraction of sp³-hybridized carbons (Fsp3) is 0.333. The third-order valence-corrected chi connectivity index (χ3v) is 6.24. The highest BCUT2D eigenvalue weighted by molar-refractivity contribution is 5.94. The standard InChI is InChI=1S/C24H26N6O2/c1-16-11-17(12-25)5-7-19(16)20-14-27-30(23(20)32)21-8-6-18(13-26-21)22(31)29-10-9-28(4)24(2,3)15-29/h5-8,11,13-14,27H,9-10,15H2,1-4H3. The van der Waals surface area contributed by atoms with Crippen LogP contribution in [0.25, 0.3) is 16.9 Å². The molecule has 3 heterocycles. The summed E-state index contributed by atoms with van der Waals surface area (Å²) in [6, 6.07) is 10.7. The summed E-state index contributed by atoms with van der Waals surface area (Å²) in [5.74, 6) is 0.348. The van der Waals surface area contributed by atoms with Gasteiger partial charge in [-0.1, -0.05) is 6.07 Å². The number of carbonyl (C=O) groups excluding carboxylic acids is 1. The van der Waals surface area contributed by atoms with Crippen molar-refractivity contribution >= 4 is 5.91 Å². The number of hydrogen-bond acceptors (Lipinski definition) is 5. The molecule has 1 fully saturated rings. The molecule has 0 atom stereocenters. The number of piperazine rings is 1. The topological polar surface area (TPSA) is 98.0 Å². The molecular weight excluding hydrogens is 404 g/mol. The molecule has 1 amide bonds. The first-order valence-electron chi connectivity index (χ1n) is 10.5. The number of likely N-dealkylation sites (N-methyl/N-ethyl adjacent to an activating group) is 1. The highest BCUT2D eigenvalue weighted by Gasteiger charge is 2.33. The SMILES string of the molecule is Cc1cc(C#N)ccc1-c1c[nH]n(-c2ccc(C(=O)N3CCN(C)C(C)(C)C3)cn2)c1=O. The molecule has 32 heavy (non-hydrogen) atoms. The number of pyridine rings is 1. The normalized spacial score (nSPS) is 16.0. The van der Waals surface area contributed by atoms with Gasteiger partial charge in [0.2, 0.25) is 0 Å². The van der Waals surface area contributed by atoms with Gasteiger partial charge >= 0.3 is 0 Å². The number of nitrogens with zero attached hydrogens (tertiary/aromatic N) is 5. The zero-order valence-corrected chi connectivity index (χ0v) is 18.7. The molecule has 0 unspecified atom stereocenters. The quantitative estimate of drug-likeness (QED) is 0.689. The molecule has 3 aromatic rings. The lowest BCUT2D eigenvalue weighted by atomic mass is 9.99. The lowest BCUT2D eigenvalue weighted by molar-refractivity contribution is 0.0311. The average Bonchev–Trinajstić information content (AvgIpc) is 3.16. The van der Waals surface area contributed by atoms with Crippen LogP contribution in [0.15, 0.2) is 47.5 Å². The van der Waals surface area contributed by atoms with Crippen molar-refractivity contribution in [3.63, 3.8) is 0 Å². The van der Waals surface area contributed by atoms with E-state index < -0.39 is 0 Å². The second-order valence-corrected chi connectivity index (χ2v) is 8.83. The van der Waals surface area contributed by atoms with Crippen molar-refractivity contribution in [3.8, 4) is 23.0 Å². The van der Waals surface area contributed by atoms with Gasteiger partial charge in [-0.15, -0.1) is 0 Å². The number of aryl methyl sites for hydroxylation is 1. The molecule has 1 aromatic carbocycles. The van der Waals surface area contributed by atoms with Gasteiger partial charge in [-0.05, 0) is 63.2 Å². The Morgan fingerprint density at radius 2 is 1.97 bits per heavy atom. The highest BCUT2D eigenvalue weighted by Crippen LogP contribution is 2.22. The van der Waals surface area contributed by atoms with Crippen LogP contribution in [0.5, 0.6) is 0 Å². The van der Waals surface area contributed by atoms with Crippen LogP contribution < -0.4 is 5.56 Å². The van der Waals surface area contributed by atoms with E-state index in [9.17, 15) is 9.59 Å². The minimum absolute atomic E-state index is 0.0574. The molecule has 1 aliphatic rings. The maximum Gasteiger partial charge on any atom is 0.280 e. The number of rotatable bonds is 3. The van der Waals surface area contributed by atoms with Crippen molar-refractivity contribution in [1.29, 1.82) is 5.26 Å². The molecule has 0 saturated carbocycles. The van der Waals surface area contributed by atoms with Crippen LogP contribution in [0.2, 0.25) is 0 Å². The van der Waals surface area contributed by atoms with Gasteiger partial charge in [-0.3, -0.25) is 19.6 Å². The fourth-order valence-electron chi connectivity index (χ4n) is 4.01. The summed E-state index contributed by atoms with van der Waals surface area (Å²) in [7, 11) is 2.07. The van der Waals surface area contributed by atoms with Crippen molar-refractivity contribution in [2.24, 2.45) is 0 Å². The van der Waals surface area contributed by atoms with Crippen LogP contribution in [-0.4, -0.2) is 62.7 Å². The van der Waals surface area contributed by atoms with E-state index in [0.29, 0.717) is 35.6 Å². The molecular formula is C24H26N6O2. The number of amides is 1. The summed E-state index contributed by atoms with van der Waals surface area (Å²) in [5, 5.41) is 12.0. The number of H-pyrrole nitrogens is 1. The second-order valence-electron chi connectivity index (χ2n) is 8.83. The molecule has 4 rings (SSSR count). The Hall–Kier alpha value is -3.70. The molecule has 8 nitrogen and oxygen atoms in total. The summed E-state index contributed by atoms with van der Waals surface area (Å²) >= 11 is 0. The molecule has 1 N–H and O–H groups in total. The van der Waals surface area contributed by atoms with Crippen molar-refractivity contribution in [2.45, 2.75) is 26.3 Å². The van der Waals surface area contributed by atoms with Crippen molar-refractivity contribution in [2.75, 3.05) is 26.7 Å². The molecule has 164 valence electrons. The Bertz CT molecular complexity index is 1260. The summed E-state index contributed by atoms with van der Waals surface area (Å²) in [6.45, 7) is 8.25. The van der Waals surface area contributed by atoms with E-state index >= 15 is 0 Å². The summed E-state index contributed by atoms with van der Waals surface area (Å²) < 4.78 is 1.35. The summed E-state index contributed by atoms with van der Waals surface area (Å²) in [6.07, 6.45) is 3.15. The van der Waals surface area contributed by atoms with E-state index in [4.69, 9.17) is 5.26 Å². The molecule has 0 aliphatic carbocycles. The lowest BCUT2D eigenvalue weighted by Gasteiger charge is -2.45. The Morgan fingerprint density at radius 3 is 2.59 bits per heavy atom. The van der Waals surface area contributed by atoms with Crippen molar-refractivity contribution in [1.82, 2.24) is 24.6 Å². The minimum Gasteiger partial charge on any atom is -0.335 e. The first kappa shape index (κ1) is 21.5. The molecule has 1 saturated heterocycles. The first-order chi connectivity index (χ1) is 15.2. The molecule has 0 radical (unpaired) electrons. The van der Waals surface area contributed by atoms with Crippen LogP contribution in [0.4, 0.5) is 0 Å². The van der Waals surface area contributed by atoms with Gasteiger partial charge in [0, 0.05) is 37.6 Å². The summed E-state index contributed by atoms with van der Waals surface area (Å²) in [5.41, 5.74) is 2.81. The fourth-order valence-corrected chi connectivity index (χ4v) is 4.01. The van der Waals surface area contributed by atoms with E-state index in [1.807, 2.05) is 11.8 Å². The Morgan fingerprint density at radius 1 is 1.19 bits per heavy atom. The first-order valence-corrected chi connectivity index (χ1v) is 10.5. The Kier molecular flexibility index (Phi) is 5.45. The van der Waals surface area contributed by atoms with Gasteiger partial charge in [0.05, 0.1) is 22.8 Å². The second kappa shape index (κ2) is 8.09. The predicted molar refractivity (Wildman–Crippen MR) is 122 cm³/mol. The van der Waals surface area contributed by atoms with E-state index in [2.05, 4.69) is 41.9 Å². The van der Waals surface area contributed by atoms with Crippen LogP contribution in [0.3, 0.4) is 0 Å². The van der Waals surface area contributed by atoms with Gasteiger partial charge in [0.25, 0.3) is 11.5 Å². The largest absolute Gasteiger partial charge is 0.335 e. The number of carbonyl (C=O) groups is 1. The number of aromatic nitrogens is 3. The number of nitrogens with one attached hydrogen (secondary N) is 1. The third-order valence-electron chi connectivity index (χ3n) is 6.24. The molecule has 1 aliphatic heterocycles. The highest BCUT2D eigenvalue weighted by atomic mass is 16.2. The maximum absolute atomic E-state index is 13.0. The van der Waals surface area contributed by atoms with Crippen LogP contribution >= 0.6 is 0 Å². The van der Waals surface area contributed by atoms with Crippen molar-refractivity contribution in [3.05, 3.63) is 69.8 Å². The van der Waals surface area contributed by atoms with E-state index in [1.54, 1.807) is 36.5 Å². The van der Waals surface area contributed by atoms with Gasteiger partial charge in [-0.2, -0.15) is 5.26 Å². The van der Waals surface area contributed by atoms with E-state index in [0.717, 1.165) is 17.7 Å². The average molecular weight is 431 g/mol. The van der Waals surface area contributed by atoms with Gasteiger partial charge in [0.1, 0.15) is 0 Å². The van der Waals surface area contributed by atoms with Crippen LogP contribution in [0.1, 0.15) is 35.3 Å². The van der Waals surface area contributed by atoms with Gasteiger partial charge < -0.3 is 4.90 Å². The molecule has 0 spiro atoms. The molecule has 8 heteroatoms. The molecule has 0 bridgehead atoms. The minimum atomic E-state index is -0.245. The van der Waals surface area contributed by atoms with E-state index in [1.165, 1.54) is 10.9 Å². The van der Waals surface area contributed by atoms with Crippen LogP contribution in [-0.2, 0) is 0 Å². The maximum atomic E-state index is 13.0.